The lowest BCUT2D eigenvalue weighted by atomic mass is 10.1. The van der Waals surface area contributed by atoms with Crippen LogP contribution >= 0.6 is 11.6 Å². The van der Waals surface area contributed by atoms with Crippen molar-refractivity contribution in [2.24, 2.45) is 5.92 Å². The van der Waals surface area contributed by atoms with E-state index in [1.165, 1.54) is 25.7 Å². The zero-order chi connectivity index (χ0) is 20.1. The van der Waals surface area contributed by atoms with Crippen LogP contribution in [0.3, 0.4) is 0 Å². The summed E-state index contributed by atoms with van der Waals surface area (Å²) in [7, 11) is 0. The van der Waals surface area contributed by atoms with Gasteiger partial charge >= 0.3 is 0 Å². The summed E-state index contributed by atoms with van der Waals surface area (Å²) in [6.07, 6.45) is 9.45. The number of benzene rings is 1. The van der Waals surface area contributed by atoms with E-state index in [9.17, 15) is 0 Å². The molecule has 152 valence electrons. The van der Waals surface area contributed by atoms with Crippen LogP contribution in [-0.2, 0) is 14.3 Å². The maximum Gasteiger partial charge on any atom is 0.300 e. The summed E-state index contributed by atoms with van der Waals surface area (Å²) < 4.78 is 17.4. The van der Waals surface area contributed by atoms with Gasteiger partial charge in [-0.15, -0.1) is 0 Å². The van der Waals surface area contributed by atoms with E-state index < -0.39 is 11.8 Å². The Bertz CT molecular complexity index is 572. The lowest BCUT2D eigenvalue weighted by molar-refractivity contribution is -0.139. The summed E-state index contributed by atoms with van der Waals surface area (Å²) in [5.74, 6) is -0.193. The number of halogens is 1. The van der Waals surface area contributed by atoms with Gasteiger partial charge in [0.2, 0.25) is 5.79 Å². The molecule has 6 heteroatoms. The van der Waals surface area contributed by atoms with Crippen molar-refractivity contribution in [1.29, 1.82) is 0 Å². The fourth-order valence-corrected chi connectivity index (χ4v) is 3.05. The average Bonchev–Trinajstić information content (AvgIpc) is 3.32. The van der Waals surface area contributed by atoms with Gasteiger partial charge in [-0.3, -0.25) is 4.79 Å². The second kappa shape index (κ2) is 12.8. The summed E-state index contributed by atoms with van der Waals surface area (Å²) in [5.41, 5.74) is 0. The Labute approximate surface area is 167 Å². The van der Waals surface area contributed by atoms with Gasteiger partial charge in [-0.05, 0) is 43.0 Å². The average molecular weight is 399 g/mol. The van der Waals surface area contributed by atoms with Crippen LogP contribution in [0, 0.1) is 5.92 Å². The van der Waals surface area contributed by atoms with Crippen molar-refractivity contribution < 1.29 is 24.1 Å². The third-order valence-corrected chi connectivity index (χ3v) is 4.27. The number of carbonyl (C=O) groups is 1. The van der Waals surface area contributed by atoms with Crippen LogP contribution in [0.2, 0.25) is 5.02 Å². The molecular weight excluding hydrogens is 368 g/mol. The first-order valence-electron chi connectivity index (χ1n) is 9.54. The van der Waals surface area contributed by atoms with Gasteiger partial charge in [0.1, 0.15) is 12.4 Å². The molecule has 0 atom stereocenters. The topological polar surface area (TPSA) is 65.0 Å². The number of hydrogen-bond donors (Lipinski definition) is 1. The van der Waals surface area contributed by atoms with Crippen molar-refractivity contribution in [3.63, 3.8) is 0 Å². The highest BCUT2D eigenvalue weighted by atomic mass is 35.5. The van der Waals surface area contributed by atoms with Crippen molar-refractivity contribution >= 4 is 17.6 Å². The summed E-state index contributed by atoms with van der Waals surface area (Å²) in [4.78, 5) is 9.00. The maximum absolute atomic E-state index is 9.00. The largest absolute Gasteiger partial charge is 0.488 e. The molecule has 0 unspecified atom stereocenters. The van der Waals surface area contributed by atoms with Crippen LogP contribution in [0.4, 0.5) is 0 Å². The van der Waals surface area contributed by atoms with Crippen molar-refractivity contribution in [2.75, 3.05) is 19.8 Å². The maximum atomic E-state index is 9.00. The van der Waals surface area contributed by atoms with Crippen molar-refractivity contribution in [1.82, 2.24) is 0 Å². The van der Waals surface area contributed by atoms with Gasteiger partial charge in [-0.25, -0.2) is 0 Å². The first-order valence-corrected chi connectivity index (χ1v) is 9.92. The first-order chi connectivity index (χ1) is 13.0. The second-order valence-electron chi connectivity index (χ2n) is 6.18. The minimum atomic E-state index is -0.833. The predicted octanol–water partition coefficient (Wildman–Crippen LogP) is 5.33. The van der Waals surface area contributed by atoms with E-state index in [2.05, 4.69) is 6.08 Å². The van der Waals surface area contributed by atoms with Gasteiger partial charge in [-0.2, -0.15) is 0 Å². The molecule has 1 aromatic carbocycles. The Morgan fingerprint density at radius 3 is 2.44 bits per heavy atom. The van der Waals surface area contributed by atoms with Crippen LogP contribution in [-0.4, -0.2) is 36.7 Å². The molecule has 1 aliphatic carbocycles. The molecule has 27 heavy (non-hydrogen) atoms. The lowest BCUT2D eigenvalue weighted by Gasteiger charge is -2.24. The third-order valence-electron chi connectivity index (χ3n) is 4.03. The third kappa shape index (κ3) is 9.27. The van der Waals surface area contributed by atoms with E-state index in [0.29, 0.717) is 30.8 Å². The Morgan fingerprint density at radius 1 is 1.30 bits per heavy atom. The molecule has 1 saturated heterocycles. The predicted molar refractivity (Wildman–Crippen MR) is 107 cm³/mol. The Kier molecular flexibility index (Phi) is 11.1. The molecule has 2 aliphatic rings. The number of hydrogen-bond acceptors (Lipinski definition) is 4. The van der Waals surface area contributed by atoms with E-state index in [0.717, 1.165) is 12.7 Å². The molecular formula is C21H31ClO5. The number of carboxylic acids is 1. The number of carboxylic acid groups (broad SMARTS) is 1. The van der Waals surface area contributed by atoms with E-state index in [4.69, 9.17) is 35.7 Å². The second-order valence-corrected chi connectivity index (χ2v) is 6.61. The van der Waals surface area contributed by atoms with Gasteiger partial charge in [0.05, 0.1) is 13.2 Å². The zero-order valence-corrected chi connectivity index (χ0v) is 17.2. The molecule has 2 fully saturated rings. The van der Waals surface area contributed by atoms with Gasteiger partial charge < -0.3 is 19.3 Å². The molecule has 0 amide bonds. The zero-order valence-electron chi connectivity index (χ0n) is 16.4. The summed E-state index contributed by atoms with van der Waals surface area (Å²) in [5, 5.41) is 8.08. The SMILES string of the molecule is CC.CC(=O)O.Clc1cccc(OCC2(/C=C/C3CCCC3)OCCO2)c1. The molecule has 1 saturated carbocycles. The number of ether oxygens (including phenoxy) is 3. The first kappa shape index (κ1) is 23.5. The smallest absolute Gasteiger partial charge is 0.300 e. The molecule has 5 nitrogen and oxygen atoms in total. The van der Waals surface area contributed by atoms with Crippen molar-refractivity contribution in [3.05, 3.63) is 41.4 Å². The van der Waals surface area contributed by atoms with Gasteiger partial charge in [0, 0.05) is 11.9 Å². The fourth-order valence-electron chi connectivity index (χ4n) is 2.87. The quantitative estimate of drug-likeness (QED) is 0.679. The minimum absolute atomic E-state index is 0.344. The summed E-state index contributed by atoms with van der Waals surface area (Å²) >= 11 is 5.97. The molecule has 1 heterocycles. The number of allylic oxidation sites excluding steroid dienone is 1. The highest BCUT2D eigenvalue weighted by Gasteiger charge is 2.35. The molecule has 1 aromatic rings. The molecule has 1 N–H and O–H groups in total. The molecule has 1 aliphatic heterocycles. The molecule has 0 spiro atoms. The molecule has 3 rings (SSSR count). The minimum Gasteiger partial charge on any atom is -0.488 e. The van der Waals surface area contributed by atoms with E-state index in [-0.39, 0.29) is 0 Å². The molecule has 0 aromatic heterocycles. The van der Waals surface area contributed by atoms with Crippen molar-refractivity contribution in [2.45, 2.75) is 52.2 Å². The number of rotatable bonds is 5. The van der Waals surface area contributed by atoms with Crippen LogP contribution in [0.15, 0.2) is 36.4 Å². The highest BCUT2D eigenvalue weighted by Crippen LogP contribution is 2.29. The van der Waals surface area contributed by atoms with Crippen LogP contribution in [0.5, 0.6) is 5.75 Å². The van der Waals surface area contributed by atoms with E-state index in [1.807, 2.05) is 38.1 Å². The molecule has 0 bridgehead atoms. The van der Waals surface area contributed by atoms with Gasteiger partial charge in [0.15, 0.2) is 0 Å². The standard InChI is InChI=1S/C17H21ClO3.C2H4O2.C2H6/c18-15-6-3-7-16(12-15)19-13-17(20-10-11-21-17)9-8-14-4-1-2-5-14;1-2(3)4;1-2/h3,6-9,12,14H,1-2,4-5,10-11,13H2;1H3,(H,3,4);1-2H3/b9-8+;;. The normalized spacial score (nSPS) is 18.4. The monoisotopic (exact) mass is 398 g/mol. The van der Waals surface area contributed by atoms with Crippen LogP contribution in [0.25, 0.3) is 0 Å². The summed E-state index contributed by atoms with van der Waals surface area (Å²) in [6.45, 7) is 6.64. The van der Waals surface area contributed by atoms with E-state index >= 15 is 0 Å². The van der Waals surface area contributed by atoms with E-state index in [1.54, 1.807) is 6.07 Å². The fraction of sp³-hybridized carbons (Fsp3) is 0.571. The van der Waals surface area contributed by atoms with Crippen LogP contribution < -0.4 is 4.74 Å². The van der Waals surface area contributed by atoms with Crippen molar-refractivity contribution in [3.8, 4) is 5.75 Å². The lowest BCUT2D eigenvalue weighted by Crippen LogP contribution is -2.35. The van der Waals surface area contributed by atoms with Crippen LogP contribution in [0.1, 0.15) is 46.5 Å². The summed E-state index contributed by atoms with van der Waals surface area (Å²) in [6, 6.07) is 7.38. The number of aliphatic carboxylic acids is 1. The molecule has 0 radical (unpaired) electrons. The Morgan fingerprint density at radius 2 is 1.89 bits per heavy atom. The van der Waals surface area contributed by atoms with Gasteiger partial charge in [-0.1, -0.05) is 50.4 Å². The Balaban J connectivity index is 0.000000541. The van der Waals surface area contributed by atoms with Gasteiger partial charge in [0.25, 0.3) is 5.97 Å². The highest BCUT2D eigenvalue weighted by molar-refractivity contribution is 6.30. The Hall–Kier alpha value is -1.56.